The topological polar surface area (TPSA) is 109 Å². The second-order valence-corrected chi connectivity index (χ2v) is 8.93. The lowest BCUT2D eigenvalue weighted by molar-refractivity contribution is -0.120. The Bertz CT molecular complexity index is 903. The van der Waals surface area contributed by atoms with E-state index in [2.05, 4.69) is 20.1 Å². The molecular weight excluding hydrogens is 386 g/mol. The number of amides is 1. The average molecular weight is 410 g/mol. The average Bonchev–Trinajstić information content (AvgIpc) is 3.07. The van der Waals surface area contributed by atoms with Crippen molar-refractivity contribution in [2.24, 2.45) is 5.14 Å². The Labute approximate surface area is 163 Å². The number of benzene rings is 1. The number of hydrogen-bond donors (Lipinski definition) is 2. The van der Waals surface area contributed by atoms with Gasteiger partial charge in [0, 0.05) is 37.2 Å². The fraction of sp³-hybridized carbons (Fsp3) is 0.412. The van der Waals surface area contributed by atoms with Gasteiger partial charge in [-0.25, -0.2) is 18.5 Å². The molecule has 146 valence electrons. The van der Waals surface area contributed by atoms with Crippen molar-refractivity contribution in [2.45, 2.75) is 24.8 Å². The summed E-state index contributed by atoms with van der Waals surface area (Å²) in [7, 11) is -3.74. The maximum Gasteiger partial charge on any atom is 0.241 e. The molecule has 0 spiro atoms. The van der Waals surface area contributed by atoms with Crippen LogP contribution in [-0.2, 0) is 14.8 Å². The molecule has 0 radical (unpaired) electrons. The van der Waals surface area contributed by atoms with Crippen LogP contribution in [0, 0.1) is 6.92 Å². The van der Waals surface area contributed by atoms with Crippen molar-refractivity contribution >= 4 is 38.1 Å². The fourth-order valence-electron chi connectivity index (χ4n) is 2.93. The van der Waals surface area contributed by atoms with Gasteiger partial charge in [-0.2, -0.15) is 0 Å². The highest BCUT2D eigenvalue weighted by Gasteiger charge is 2.26. The lowest BCUT2D eigenvalue weighted by Crippen LogP contribution is -2.52. The molecule has 2 heterocycles. The van der Waals surface area contributed by atoms with Gasteiger partial charge in [-0.3, -0.25) is 9.69 Å². The van der Waals surface area contributed by atoms with E-state index in [0.29, 0.717) is 5.69 Å². The van der Waals surface area contributed by atoms with Crippen molar-refractivity contribution in [3.63, 3.8) is 0 Å². The second kappa shape index (κ2) is 7.93. The number of primary sulfonamides is 1. The molecule has 3 N–H and O–H groups in total. The zero-order chi connectivity index (χ0) is 19.6. The fourth-order valence-corrected chi connectivity index (χ4v) is 4.30. The number of hydrogen-bond acceptors (Lipinski definition) is 7. The van der Waals surface area contributed by atoms with Crippen molar-refractivity contribution in [3.8, 4) is 0 Å². The molecule has 1 aromatic heterocycles. The van der Waals surface area contributed by atoms with Crippen LogP contribution < -0.4 is 15.4 Å². The quantitative estimate of drug-likeness (QED) is 0.769. The summed E-state index contributed by atoms with van der Waals surface area (Å²) in [6, 6.07) is 5.54. The monoisotopic (exact) mass is 409 g/mol. The number of carbonyl (C=O) groups excluding carboxylic acids is 1. The van der Waals surface area contributed by atoms with Gasteiger partial charge in [-0.05, 0) is 38.1 Å². The molecule has 0 aliphatic carbocycles. The van der Waals surface area contributed by atoms with Gasteiger partial charge in [0.05, 0.1) is 16.6 Å². The Morgan fingerprint density at radius 3 is 2.37 bits per heavy atom. The lowest BCUT2D eigenvalue weighted by Gasteiger charge is -2.37. The van der Waals surface area contributed by atoms with Crippen molar-refractivity contribution in [3.05, 3.63) is 35.3 Å². The van der Waals surface area contributed by atoms with Crippen molar-refractivity contribution < 1.29 is 13.2 Å². The van der Waals surface area contributed by atoms with Crippen LogP contribution in [0.1, 0.15) is 12.6 Å². The number of thiazole rings is 1. The minimum absolute atomic E-state index is 0.0158. The van der Waals surface area contributed by atoms with Crippen LogP contribution in [0.2, 0.25) is 0 Å². The molecule has 1 aromatic carbocycles. The third-order valence-electron chi connectivity index (χ3n) is 4.57. The summed E-state index contributed by atoms with van der Waals surface area (Å²) >= 11 is 1.64. The predicted octanol–water partition coefficient (Wildman–Crippen LogP) is 1.25. The number of rotatable bonds is 5. The molecule has 0 bridgehead atoms. The number of piperazine rings is 1. The van der Waals surface area contributed by atoms with Crippen molar-refractivity contribution in [2.75, 3.05) is 36.4 Å². The zero-order valence-corrected chi connectivity index (χ0v) is 16.9. The number of nitrogens with zero attached hydrogens (tertiary/aromatic N) is 3. The number of aromatic nitrogens is 1. The molecule has 8 nitrogen and oxygen atoms in total. The number of nitrogens with one attached hydrogen (secondary N) is 1. The van der Waals surface area contributed by atoms with Crippen LogP contribution in [0.15, 0.2) is 34.5 Å². The van der Waals surface area contributed by atoms with Crippen molar-refractivity contribution in [1.82, 2.24) is 9.88 Å². The van der Waals surface area contributed by atoms with Gasteiger partial charge in [0.1, 0.15) is 0 Å². The summed E-state index contributed by atoms with van der Waals surface area (Å²) in [5.41, 5.74) is 1.56. The van der Waals surface area contributed by atoms with E-state index in [1.54, 1.807) is 11.3 Å². The van der Waals surface area contributed by atoms with Gasteiger partial charge >= 0.3 is 0 Å². The molecule has 0 unspecified atom stereocenters. The Balaban J connectivity index is 1.55. The minimum atomic E-state index is -3.74. The normalized spacial score (nSPS) is 16.9. The van der Waals surface area contributed by atoms with Crippen LogP contribution in [0.5, 0.6) is 0 Å². The van der Waals surface area contributed by atoms with Crippen LogP contribution in [0.25, 0.3) is 0 Å². The van der Waals surface area contributed by atoms with E-state index in [1.807, 2.05) is 19.2 Å². The molecule has 3 rings (SSSR count). The largest absolute Gasteiger partial charge is 0.346 e. The van der Waals surface area contributed by atoms with Crippen LogP contribution in [-0.4, -0.2) is 56.4 Å². The second-order valence-electron chi connectivity index (χ2n) is 6.53. The number of anilines is 2. The molecule has 0 saturated carbocycles. The summed E-state index contributed by atoms with van der Waals surface area (Å²) in [5, 5.41) is 11.0. The van der Waals surface area contributed by atoms with Crippen LogP contribution in [0.4, 0.5) is 10.8 Å². The van der Waals surface area contributed by atoms with E-state index in [9.17, 15) is 13.2 Å². The Morgan fingerprint density at radius 1 is 1.22 bits per heavy atom. The number of aryl methyl sites for hydroxylation is 1. The SMILES string of the molecule is Cc1csc(N2CCN([C@H](C)C(=O)Nc3ccc(S(N)(=O)=O)cc3)CC2)n1. The third kappa shape index (κ3) is 4.83. The Hall–Kier alpha value is -2.01. The summed E-state index contributed by atoms with van der Waals surface area (Å²) in [5.74, 6) is -0.128. The predicted molar refractivity (Wildman–Crippen MR) is 107 cm³/mol. The molecule has 10 heteroatoms. The Morgan fingerprint density at radius 2 is 1.85 bits per heavy atom. The smallest absolute Gasteiger partial charge is 0.241 e. The van der Waals surface area contributed by atoms with E-state index in [0.717, 1.165) is 37.0 Å². The Kier molecular flexibility index (Phi) is 5.80. The first kappa shape index (κ1) is 19.7. The molecule has 1 saturated heterocycles. The first-order chi connectivity index (χ1) is 12.7. The molecular formula is C17H23N5O3S2. The highest BCUT2D eigenvalue weighted by Crippen LogP contribution is 2.22. The first-order valence-corrected chi connectivity index (χ1v) is 11.0. The number of sulfonamides is 1. The lowest BCUT2D eigenvalue weighted by atomic mass is 10.2. The molecule has 1 atom stereocenters. The maximum absolute atomic E-state index is 12.5. The highest BCUT2D eigenvalue weighted by atomic mass is 32.2. The number of carbonyl (C=O) groups is 1. The molecule has 1 aliphatic heterocycles. The van der Waals surface area contributed by atoms with Crippen LogP contribution >= 0.6 is 11.3 Å². The third-order valence-corrected chi connectivity index (χ3v) is 6.52. The van der Waals surface area contributed by atoms with Gasteiger partial charge in [0.2, 0.25) is 15.9 Å². The van der Waals surface area contributed by atoms with Gasteiger partial charge in [-0.1, -0.05) is 0 Å². The number of nitrogens with two attached hydrogens (primary N) is 1. The minimum Gasteiger partial charge on any atom is -0.346 e. The molecule has 1 aliphatic rings. The summed E-state index contributed by atoms with van der Waals surface area (Å²) < 4.78 is 22.6. The van der Waals surface area contributed by atoms with E-state index in [-0.39, 0.29) is 16.8 Å². The van der Waals surface area contributed by atoms with E-state index >= 15 is 0 Å². The van der Waals surface area contributed by atoms with Gasteiger partial charge < -0.3 is 10.2 Å². The van der Waals surface area contributed by atoms with Gasteiger partial charge in [0.15, 0.2) is 5.13 Å². The molecule has 1 amide bonds. The summed E-state index contributed by atoms with van der Waals surface area (Å²) in [4.78, 5) is 21.4. The molecule has 1 fully saturated rings. The van der Waals surface area contributed by atoms with Gasteiger partial charge in [-0.15, -0.1) is 11.3 Å². The zero-order valence-electron chi connectivity index (χ0n) is 15.3. The van der Waals surface area contributed by atoms with E-state index in [1.165, 1.54) is 24.3 Å². The maximum atomic E-state index is 12.5. The van der Waals surface area contributed by atoms with Crippen molar-refractivity contribution in [1.29, 1.82) is 0 Å². The standard InChI is InChI=1S/C17H23N5O3S2/c1-12-11-26-17(19-12)22-9-7-21(8-10-22)13(2)16(23)20-14-3-5-15(6-4-14)27(18,24)25/h3-6,11,13H,7-10H2,1-2H3,(H,20,23)(H2,18,24,25)/t13-/m1/s1. The summed E-state index contributed by atoms with van der Waals surface area (Å²) in [6.45, 7) is 7.06. The highest BCUT2D eigenvalue weighted by molar-refractivity contribution is 7.89. The van der Waals surface area contributed by atoms with E-state index in [4.69, 9.17) is 5.14 Å². The van der Waals surface area contributed by atoms with Gasteiger partial charge in [0.25, 0.3) is 0 Å². The van der Waals surface area contributed by atoms with Crippen LogP contribution in [0.3, 0.4) is 0 Å². The summed E-state index contributed by atoms with van der Waals surface area (Å²) in [6.07, 6.45) is 0. The first-order valence-electron chi connectivity index (χ1n) is 8.59. The van der Waals surface area contributed by atoms with E-state index < -0.39 is 10.0 Å². The molecule has 27 heavy (non-hydrogen) atoms. The molecule has 2 aromatic rings.